The number of hydrogen-bond donors (Lipinski definition) is 3. The average molecular weight is 316 g/mol. The van der Waals surface area contributed by atoms with Crippen LogP contribution in [0.15, 0.2) is 18.3 Å². The van der Waals surface area contributed by atoms with Crippen LogP contribution >= 0.6 is 21.8 Å². The molecule has 0 saturated carbocycles. The number of nitrogens with one attached hydrogen (secondary N) is 1. The van der Waals surface area contributed by atoms with E-state index in [0.717, 1.165) is 18.5 Å². The maximum atomic E-state index is 11.6. The van der Waals surface area contributed by atoms with Crippen molar-refractivity contribution in [1.29, 1.82) is 0 Å². The third-order valence-electron chi connectivity index (χ3n) is 2.79. The lowest BCUT2D eigenvalue weighted by molar-refractivity contribution is -0.121. The number of aryl methyl sites for hydroxylation is 1. The van der Waals surface area contributed by atoms with Gasteiger partial charge < -0.3 is 4.74 Å². The molecule has 20 heavy (non-hydrogen) atoms. The molecule has 1 aromatic heterocycles. The van der Waals surface area contributed by atoms with Crippen molar-refractivity contribution in [2.75, 3.05) is 19.4 Å². The summed E-state index contributed by atoms with van der Waals surface area (Å²) in [5.74, 6) is 1.01. The Morgan fingerprint density at radius 3 is 2.80 bits per heavy atom. The van der Waals surface area contributed by atoms with Gasteiger partial charge in [-0.05, 0) is 18.2 Å². The summed E-state index contributed by atoms with van der Waals surface area (Å²) in [6, 6.07) is 3.82. The van der Waals surface area contributed by atoms with Crippen molar-refractivity contribution in [3.63, 3.8) is 0 Å². The second kappa shape index (κ2) is 9.26. The quantitative estimate of drug-likeness (QED) is 0.372. The number of rotatable bonds is 9. The van der Waals surface area contributed by atoms with Crippen LogP contribution in [0.2, 0.25) is 0 Å². The Kier molecular flexibility index (Phi) is 8.02. The monoisotopic (exact) mass is 316 g/mol. The van der Waals surface area contributed by atoms with Gasteiger partial charge in [-0.15, -0.1) is 11.7 Å². The second-order valence-electron chi connectivity index (χ2n) is 4.91. The van der Waals surface area contributed by atoms with Gasteiger partial charge in [0.2, 0.25) is 5.88 Å². The lowest BCUT2D eigenvalue weighted by Gasteiger charge is -2.11. The number of Topliss-reactive ketones (excluding diaryl/α,β-unsaturated/α-hetero) is 1. The topological polar surface area (TPSA) is 51.2 Å². The molecular formula is C14H24N2O2S2. The van der Waals surface area contributed by atoms with Gasteiger partial charge in [0.15, 0.2) is 0 Å². The molecule has 1 atom stereocenters. The van der Waals surface area contributed by atoms with E-state index in [-0.39, 0.29) is 5.92 Å². The fourth-order valence-electron chi connectivity index (χ4n) is 1.56. The Hall–Kier alpha value is -0.720. The third-order valence-corrected chi connectivity index (χ3v) is 3.90. The van der Waals surface area contributed by atoms with Crippen molar-refractivity contribution in [3.8, 4) is 5.88 Å². The molecule has 6 heteroatoms. The number of ether oxygens (including phenoxy) is 1. The zero-order valence-electron chi connectivity index (χ0n) is 12.3. The highest BCUT2D eigenvalue weighted by molar-refractivity contribution is 8.77. The molecule has 0 aliphatic heterocycles. The fraction of sp³-hybridized carbons (Fsp3) is 0.571. The van der Waals surface area contributed by atoms with Crippen molar-refractivity contribution in [3.05, 3.63) is 23.9 Å². The Morgan fingerprint density at radius 1 is 1.50 bits per heavy atom. The number of ketones is 1. The van der Waals surface area contributed by atoms with Gasteiger partial charge in [-0.2, -0.15) is 10.1 Å². The molecule has 1 heterocycles. The summed E-state index contributed by atoms with van der Waals surface area (Å²) >= 11 is 4.28. The van der Waals surface area contributed by atoms with E-state index in [1.54, 1.807) is 6.20 Å². The van der Waals surface area contributed by atoms with Crippen molar-refractivity contribution >= 4 is 27.6 Å². The molecule has 1 rings (SSSR count). The van der Waals surface area contributed by atoms with Crippen molar-refractivity contribution in [2.24, 2.45) is 5.92 Å². The van der Waals surface area contributed by atoms with E-state index in [1.807, 2.05) is 32.2 Å². The van der Waals surface area contributed by atoms with Crippen LogP contribution in [-0.4, -0.2) is 30.2 Å². The summed E-state index contributed by atoms with van der Waals surface area (Å²) < 4.78 is 8.72. The molecular weight excluding hydrogens is 292 g/mol. The molecule has 0 saturated heterocycles. The zero-order valence-corrected chi connectivity index (χ0v) is 14.1. The minimum absolute atomic E-state index is 0.106. The van der Waals surface area contributed by atoms with Crippen LogP contribution in [0.1, 0.15) is 25.8 Å². The number of hydrogen-bond acceptors (Lipinski definition) is 5. The molecule has 1 unspecified atom stereocenters. The normalized spacial score (nSPS) is 13.3. The van der Waals surface area contributed by atoms with E-state index < -0.39 is 10.1 Å². The molecule has 1 N–H and O–H groups in total. The third kappa shape index (κ3) is 7.17. The largest absolute Gasteiger partial charge is 0.476 e. The Balaban J connectivity index is 2.31. The number of carbonyl (C=O) groups is 1. The molecule has 4 nitrogen and oxygen atoms in total. The maximum Gasteiger partial charge on any atom is 0.213 e. The van der Waals surface area contributed by atoms with E-state index in [2.05, 4.69) is 21.4 Å². The van der Waals surface area contributed by atoms with Gasteiger partial charge in [0.1, 0.15) is 12.4 Å². The highest BCUT2D eigenvalue weighted by Crippen LogP contribution is 2.17. The summed E-state index contributed by atoms with van der Waals surface area (Å²) in [4.78, 5) is 15.8. The molecule has 114 valence electrons. The molecule has 0 aromatic carbocycles. The minimum Gasteiger partial charge on any atom is -0.476 e. The first-order chi connectivity index (χ1) is 9.49. The van der Waals surface area contributed by atoms with Gasteiger partial charge in [0.25, 0.3) is 0 Å². The predicted octanol–water partition coefficient (Wildman–Crippen LogP) is 2.60. The van der Waals surface area contributed by atoms with Gasteiger partial charge >= 0.3 is 0 Å². The van der Waals surface area contributed by atoms with Crippen LogP contribution in [-0.2, 0) is 11.2 Å². The van der Waals surface area contributed by atoms with Crippen molar-refractivity contribution in [2.45, 2.75) is 26.7 Å². The zero-order chi connectivity index (χ0) is 15.0. The highest BCUT2D eigenvalue weighted by Gasteiger charge is 2.07. The lowest BCUT2D eigenvalue weighted by Crippen LogP contribution is -2.16. The van der Waals surface area contributed by atoms with E-state index in [1.165, 1.54) is 0 Å². The Morgan fingerprint density at radius 2 is 2.25 bits per heavy atom. The van der Waals surface area contributed by atoms with Gasteiger partial charge in [-0.1, -0.05) is 19.9 Å². The van der Waals surface area contributed by atoms with Crippen molar-refractivity contribution in [1.82, 2.24) is 9.71 Å². The summed E-state index contributed by atoms with van der Waals surface area (Å²) in [7, 11) is -0.391. The molecule has 0 fully saturated rings. The summed E-state index contributed by atoms with van der Waals surface area (Å²) in [6.45, 7) is 5.20. The molecule has 0 amide bonds. The second-order valence-corrected chi connectivity index (χ2v) is 8.07. The molecule has 0 aliphatic carbocycles. The standard InChI is InChI=1S/C14H24N2O2S2/c1-11(2)13(17)6-4-12-5-7-14(15-10-12)18-9-8-16-20(3)19/h5,7,10-11,16,19-20H,4,6,8-9H2,1-3H3. The van der Waals surface area contributed by atoms with E-state index in [9.17, 15) is 4.79 Å². The number of nitrogens with zero attached hydrogens (tertiary/aromatic N) is 1. The van der Waals surface area contributed by atoms with Gasteiger partial charge in [0.05, 0.1) is 0 Å². The van der Waals surface area contributed by atoms with Crippen LogP contribution < -0.4 is 9.46 Å². The first kappa shape index (κ1) is 17.3. The smallest absolute Gasteiger partial charge is 0.213 e. The van der Waals surface area contributed by atoms with Crippen LogP contribution in [0.3, 0.4) is 0 Å². The number of aromatic nitrogens is 1. The average Bonchev–Trinajstić information content (AvgIpc) is 2.42. The Bertz CT molecular complexity index is 408. The van der Waals surface area contributed by atoms with E-state index >= 15 is 0 Å². The van der Waals surface area contributed by atoms with Gasteiger partial charge in [-0.25, -0.2) is 4.98 Å². The van der Waals surface area contributed by atoms with Crippen LogP contribution in [0, 0.1) is 5.92 Å². The van der Waals surface area contributed by atoms with E-state index in [4.69, 9.17) is 4.74 Å². The number of thiol groups is 2. The SMILES string of the molecule is CC(C)C(=O)CCc1ccc(OCCN[SH](C)S)nc1. The first-order valence-corrected chi connectivity index (χ1v) is 9.69. The van der Waals surface area contributed by atoms with Crippen LogP contribution in [0.4, 0.5) is 0 Å². The lowest BCUT2D eigenvalue weighted by atomic mass is 10.0. The fourth-order valence-corrected chi connectivity index (χ4v) is 2.28. The van der Waals surface area contributed by atoms with E-state index in [0.29, 0.717) is 24.7 Å². The van der Waals surface area contributed by atoms with Gasteiger partial charge in [0, 0.05) is 31.1 Å². The minimum atomic E-state index is -0.391. The van der Waals surface area contributed by atoms with Crippen LogP contribution in [0.5, 0.6) is 5.88 Å². The first-order valence-electron chi connectivity index (χ1n) is 6.75. The Labute approximate surface area is 129 Å². The van der Waals surface area contributed by atoms with Crippen LogP contribution in [0.25, 0.3) is 0 Å². The highest BCUT2D eigenvalue weighted by atomic mass is 33.1. The molecule has 0 spiro atoms. The molecule has 1 aromatic rings. The molecule has 0 aliphatic rings. The maximum absolute atomic E-state index is 11.6. The molecule has 0 bridgehead atoms. The number of pyridine rings is 1. The van der Waals surface area contributed by atoms with Crippen molar-refractivity contribution < 1.29 is 9.53 Å². The summed E-state index contributed by atoms with van der Waals surface area (Å²) in [6.07, 6.45) is 5.13. The summed E-state index contributed by atoms with van der Waals surface area (Å²) in [5, 5.41) is 0. The molecule has 0 radical (unpaired) electrons. The van der Waals surface area contributed by atoms with Gasteiger partial charge in [-0.3, -0.25) is 9.52 Å². The number of carbonyl (C=O) groups excluding carboxylic acids is 1. The summed E-state index contributed by atoms with van der Waals surface area (Å²) in [5.41, 5.74) is 1.07. The predicted molar refractivity (Wildman–Crippen MR) is 89.8 cm³/mol.